The third kappa shape index (κ3) is 4.08. The van der Waals surface area contributed by atoms with Crippen molar-refractivity contribution >= 4 is 19.7 Å². The summed E-state index contributed by atoms with van der Waals surface area (Å²) in [6, 6.07) is 6.11. The van der Waals surface area contributed by atoms with Crippen molar-refractivity contribution in [2.45, 2.75) is 25.7 Å². The number of hydrogen-bond donors (Lipinski definition) is 0. The SMILES string of the molecule is O=S(=O)(Cl)CC1(COc2ccccc2F)CCCC1. The van der Waals surface area contributed by atoms with Gasteiger partial charge in [0.1, 0.15) is 0 Å². The summed E-state index contributed by atoms with van der Waals surface area (Å²) >= 11 is 0. The van der Waals surface area contributed by atoms with Gasteiger partial charge in [-0.25, -0.2) is 12.8 Å². The highest BCUT2D eigenvalue weighted by Crippen LogP contribution is 2.40. The van der Waals surface area contributed by atoms with E-state index in [1.807, 2.05) is 0 Å². The quantitative estimate of drug-likeness (QED) is 0.784. The van der Waals surface area contributed by atoms with Gasteiger partial charge < -0.3 is 4.74 Å². The van der Waals surface area contributed by atoms with Gasteiger partial charge in [0, 0.05) is 16.1 Å². The minimum absolute atomic E-state index is 0.115. The van der Waals surface area contributed by atoms with E-state index in [1.165, 1.54) is 12.1 Å². The van der Waals surface area contributed by atoms with Crippen LogP contribution in [0.1, 0.15) is 25.7 Å². The van der Waals surface area contributed by atoms with Gasteiger partial charge in [-0.2, -0.15) is 0 Å². The van der Waals surface area contributed by atoms with E-state index in [2.05, 4.69) is 0 Å². The molecule has 1 saturated carbocycles. The summed E-state index contributed by atoms with van der Waals surface area (Å²) in [4.78, 5) is 0. The van der Waals surface area contributed by atoms with Crippen LogP contribution in [-0.2, 0) is 9.05 Å². The van der Waals surface area contributed by atoms with Crippen LogP contribution in [0.25, 0.3) is 0 Å². The molecule has 1 aliphatic carbocycles. The first kappa shape index (κ1) is 14.6. The van der Waals surface area contributed by atoms with Crippen molar-refractivity contribution in [2.24, 2.45) is 5.41 Å². The summed E-state index contributed by atoms with van der Waals surface area (Å²) in [7, 11) is 1.78. The Morgan fingerprint density at radius 2 is 1.89 bits per heavy atom. The second-order valence-corrected chi connectivity index (χ2v) is 7.89. The molecule has 0 atom stereocenters. The first-order chi connectivity index (χ1) is 8.90. The molecule has 0 radical (unpaired) electrons. The molecule has 0 amide bonds. The maximum Gasteiger partial charge on any atom is 0.233 e. The lowest BCUT2D eigenvalue weighted by atomic mass is 9.90. The number of benzene rings is 1. The lowest BCUT2D eigenvalue weighted by molar-refractivity contribution is 0.165. The lowest BCUT2D eigenvalue weighted by Crippen LogP contribution is -2.32. The second kappa shape index (κ2) is 5.67. The summed E-state index contributed by atoms with van der Waals surface area (Å²) in [5, 5.41) is 0. The van der Waals surface area contributed by atoms with E-state index in [4.69, 9.17) is 15.4 Å². The zero-order valence-corrected chi connectivity index (χ0v) is 12.0. The standard InChI is InChI=1S/C13H16ClFO3S/c14-19(16,17)10-13(7-3-4-8-13)9-18-12-6-2-1-5-11(12)15/h1-2,5-6H,3-4,7-10H2. The molecule has 0 N–H and O–H groups in total. The maximum absolute atomic E-state index is 13.5. The van der Waals surface area contributed by atoms with E-state index in [-0.39, 0.29) is 18.1 Å². The van der Waals surface area contributed by atoms with Crippen LogP contribution in [0.5, 0.6) is 5.75 Å². The molecule has 1 aromatic carbocycles. The van der Waals surface area contributed by atoms with Gasteiger partial charge in [0.25, 0.3) is 0 Å². The molecule has 3 nitrogen and oxygen atoms in total. The van der Waals surface area contributed by atoms with Crippen LogP contribution in [0, 0.1) is 11.2 Å². The zero-order chi connectivity index (χ0) is 13.9. The Bertz CT molecular complexity index is 539. The van der Waals surface area contributed by atoms with Gasteiger partial charge in [0.05, 0.1) is 12.4 Å². The van der Waals surface area contributed by atoms with Gasteiger partial charge in [-0.1, -0.05) is 25.0 Å². The number of ether oxygens (including phenoxy) is 1. The minimum Gasteiger partial charge on any atom is -0.490 e. The Hall–Kier alpha value is -0.810. The summed E-state index contributed by atoms with van der Waals surface area (Å²) < 4.78 is 41.5. The molecule has 0 spiro atoms. The normalized spacial score (nSPS) is 18.4. The number of rotatable bonds is 5. The molecule has 1 aromatic rings. The van der Waals surface area contributed by atoms with Crippen molar-refractivity contribution in [3.63, 3.8) is 0 Å². The average Bonchev–Trinajstić information content (AvgIpc) is 2.74. The van der Waals surface area contributed by atoms with Crippen LogP contribution in [0.4, 0.5) is 4.39 Å². The lowest BCUT2D eigenvalue weighted by Gasteiger charge is -2.27. The molecule has 0 aliphatic heterocycles. The van der Waals surface area contributed by atoms with E-state index >= 15 is 0 Å². The molecule has 0 bridgehead atoms. The summed E-state index contributed by atoms with van der Waals surface area (Å²) in [5.74, 6) is -0.402. The van der Waals surface area contributed by atoms with Crippen molar-refractivity contribution in [3.8, 4) is 5.75 Å². The van der Waals surface area contributed by atoms with Gasteiger partial charge in [0.2, 0.25) is 9.05 Å². The van der Waals surface area contributed by atoms with Gasteiger partial charge in [0.15, 0.2) is 11.6 Å². The smallest absolute Gasteiger partial charge is 0.233 e. The largest absolute Gasteiger partial charge is 0.490 e. The zero-order valence-electron chi connectivity index (χ0n) is 10.4. The highest BCUT2D eigenvalue weighted by molar-refractivity contribution is 8.13. The number of halogens is 2. The molecule has 106 valence electrons. The number of hydrogen-bond acceptors (Lipinski definition) is 3. The van der Waals surface area contributed by atoms with Gasteiger partial charge in [-0.3, -0.25) is 0 Å². The van der Waals surface area contributed by atoms with Crippen molar-refractivity contribution in [3.05, 3.63) is 30.1 Å². The topological polar surface area (TPSA) is 43.4 Å². The Morgan fingerprint density at radius 3 is 2.47 bits per heavy atom. The Kier molecular flexibility index (Phi) is 4.36. The van der Waals surface area contributed by atoms with Crippen LogP contribution >= 0.6 is 10.7 Å². The van der Waals surface area contributed by atoms with Crippen LogP contribution in [0.2, 0.25) is 0 Å². The maximum atomic E-state index is 13.5. The highest BCUT2D eigenvalue weighted by Gasteiger charge is 2.38. The number of para-hydroxylation sites is 1. The third-order valence-electron chi connectivity index (χ3n) is 3.51. The average molecular weight is 307 g/mol. The summed E-state index contributed by atoms with van der Waals surface area (Å²) in [5.41, 5.74) is -0.483. The molecule has 1 fully saturated rings. The molecule has 0 aromatic heterocycles. The Morgan fingerprint density at radius 1 is 1.26 bits per heavy atom. The summed E-state index contributed by atoms with van der Waals surface area (Å²) in [6.07, 6.45) is 3.39. The molecule has 19 heavy (non-hydrogen) atoms. The van der Waals surface area contributed by atoms with Gasteiger partial charge in [-0.05, 0) is 25.0 Å². The third-order valence-corrected chi connectivity index (χ3v) is 4.80. The minimum atomic E-state index is -3.58. The van der Waals surface area contributed by atoms with E-state index in [9.17, 15) is 12.8 Å². The molecular weight excluding hydrogens is 291 g/mol. The van der Waals surface area contributed by atoms with Crippen molar-refractivity contribution in [1.29, 1.82) is 0 Å². The molecule has 0 saturated heterocycles. The fourth-order valence-electron chi connectivity index (χ4n) is 2.61. The molecule has 6 heteroatoms. The van der Waals surface area contributed by atoms with Crippen LogP contribution in [0.3, 0.4) is 0 Å². The van der Waals surface area contributed by atoms with Crippen molar-refractivity contribution in [1.82, 2.24) is 0 Å². The first-order valence-electron chi connectivity index (χ1n) is 6.20. The van der Waals surface area contributed by atoms with Crippen molar-refractivity contribution in [2.75, 3.05) is 12.4 Å². The monoisotopic (exact) mass is 306 g/mol. The predicted octanol–water partition coefficient (Wildman–Crippen LogP) is 3.33. The van der Waals surface area contributed by atoms with E-state index in [0.29, 0.717) is 0 Å². The van der Waals surface area contributed by atoms with E-state index in [0.717, 1.165) is 25.7 Å². The van der Waals surface area contributed by atoms with E-state index in [1.54, 1.807) is 12.1 Å². The molecule has 0 unspecified atom stereocenters. The van der Waals surface area contributed by atoms with Gasteiger partial charge in [-0.15, -0.1) is 0 Å². The van der Waals surface area contributed by atoms with Crippen LogP contribution in [-0.4, -0.2) is 20.8 Å². The Balaban J connectivity index is 2.08. The molecule has 1 aliphatic rings. The van der Waals surface area contributed by atoms with Crippen molar-refractivity contribution < 1.29 is 17.5 Å². The fraction of sp³-hybridized carbons (Fsp3) is 0.538. The highest BCUT2D eigenvalue weighted by atomic mass is 35.7. The van der Waals surface area contributed by atoms with Crippen LogP contribution in [0.15, 0.2) is 24.3 Å². The van der Waals surface area contributed by atoms with E-state index < -0.39 is 20.3 Å². The van der Waals surface area contributed by atoms with Gasteiger partial charge >= 0.3 is 0 Å². The Labute approximate surface area is 117 Å². The fourth-order valence-corrected chi connectivity index (χ4v) is 4.41. The first-order valence-corrected chi connectivity index (χ1v) is 8.68. The molecular formula is C13H16ClFO3S. The molecule has 2 rings (SSSR count). The predicted molar refractivity (Wildman–Crippen MR) is 72.4 cm³/mol. The summed E-state index contributed by atoms with van der Waals surface area (Å²) in [6.45, 7) is 0.180. The molecule has 0 heterocycles. The second-order valence-electron chi connectivity index (χ2n) is 5.11. The van der Waals surface area contributed by atoms with Crippen LogP contribution < -0.4 is 4.74 Å².